The van der Waals surface area contributed by atoms with E-state index in [1.54, 1.807) is 25.6 Å². The molecule has 0 amide bonds. The molecule has 0 unspecified atom stereocenters. The Bertz CT molecular complexity index is 831. The van der Waals surface area contributed by atoms with Gasteiger partial charge in [0.2, 0.25) is 0 Å². The van der Waals surface area contributed by atoms with Gasteiger partial charge in [0.15, 0.2) is 17.3 Å². The monoisotopic (exact) mass is 313 g/mol. The van der Waals surface area contributed by atoms with Gasteiger partial charge in [-0.25, -0.2) is 4.98 Å². The van der Waals surface area contributed by atoms with E-state index < -0.39 is 0 Å². The normalized spacial score (nSPS) is 10.6. The molecule has 0 saturated heterocycles. The molecule has 0 fully saturated rings. The molecule has 2 aromatic heterocycles. The molecule has 0 saturated carbocycles. The molecule has 5 nitrogen and oxygen atoms in total. The van der Waals surface area contributed by atoms with Crippen molar-refractivity contribution in [1.82, 2.24) is 9.55 Å². The molecule has 3 rings (SSSR count). The van der Waals surface area contributed by atoms with Gasteiger partial charge in [-0.3, -0.25) is 0 Å². The number of nitriles is 1. The van der Waals surface area contributed by atoms with Gasteiger partial charge in [0, 0.05) is 18.7 Å². The van der Waals surface area contributed by atoms with Crippen molar-refractivity contribution in [2.45, 2.75) is 13.0 Å². The minimum absolute atomic E-state index is 0.429. The molecule has 0 radical (unpaired) electrons. The number of methoxy groups -OCH3 is 2. The second kappa shape index (κ2) is 6.08. The van der Waals surface area contributed by atoms with Crippen LogP contribution >= 0.6 is 11.3 Å². The molecule has 112 valence electrons. The van der Waals surface area contributed by atoms with Crippen LogP contribution < -0.4 is 9.47 Å². The van der Waals surface area contributed by atoms with E-state index in [0.717, 1.165) is 21.7 Å². The minimum Gasteiger partial charge on any atom is -0.493 e. The Morgan fingerprint density at radius 1 is 1.27 bits per heavy atom. The number of hydrogen-bond acceptors (Lipinski definition) is 5. The molecule has 6 heteroatoms. The standard InChI is InChI=1S/C16H15N3O2S/c1-20-13-9-11-12(10-14(13)21-2)19(7-4-6-17)16(18-11)15-5-3-8-22-15/h3,5,8-10H,4,7H2,1-2H3. The number of aryl methyl sites for hydroxylation is 1. The summed E-state index contributed by atoms with van der Waals surface area (Å²) in [4.78, 5) is 5.80. The third kappa shape index (κ3) is 2.40. The topological polar surface area (TPSA) is 60.1 Å². The van der Waals surface area contributed by atoms with E-state index in [2.05, 4.69) is 10.6 Å². The van der Waals surface area contributed by atoms with Crippen molar-refractivity contribution in [2.24, 2.45) is 0 Å². The van der Waals surface area contributed by atoms with Gasteiger partial charge in [-0.15, -0.1) is 11.3 Å². The fraction of sp³-hybridized carbons (Fsp3) is 0.250. The van der Waals surface area contributed by atoms with Crippen molar-refractivity contribution < 1.29 is 9.47 Å². The summed E-state index contributed by atoms with van der Waals surface area (Å²) < 4.78 is 12.8. The van der Waals surface area contributed by atoms with Gasteiger partial charge >= 0.3 is 0 Å². The highest BCUT2D eigenvalue weighted by Crippen LogP contribution is 2.35. The molecule has 1 aromatic carbocycles. The van der Waals surface area contributed by atoms with Crippen LogP contribution in [-0.2, 0) is 6.54 Å². The van der Waals surface area contributed by atoms with Crippen LogP contribution in [0.1, 0.15) is 6.42 Å². The predicted octanol–water partition coefficient (Wildman–Crippen LogP) is 3.70. The van der Waals surface area contributed by atoms with E-state index >= 15 is 0 Å². The largest absolute Gasteiger partial charge is 0.493 e. The number of ether oxygens (including phenoxy) is 2. The van der Waals surface area contributed by atoms with Gasteiger partial charge in [0.1, 0.15) is 0 Å². The fourth-order valence-corrected chi connectivity index (χ4v) is 3.16. The maximum Gasteiger partial charge on any atom is 0.163 e. The molecular formula is C16H15N3O2S. The lowest BCUT2D eigenvalue weighted by Gasteiger charge is -2.09. The molecule has 2 heterocycles. The van der Waals surface area contributed by atoms with Crippen LogP contribution in [0.4, 0.5) is 0 Å². The smallest absolute Gasteiger partial charge is 0.163 e. The Balaban J connectivity index is 2.24. The third-order valence-corrected chi connectivity index (χ3v) is 4.31. The van der Waals surface area contributed by atoms with Crippen molar-refractivity contribution in [2.75, 3.05) is 14.2 Å². The quantitative estimate of drug-likeness (QED) is 0.720. The number of fused-ring (bicyclic) bond motifs is 1. The Morgan fingerprint density at radius 3 is 2.68 bits per heavy atom. The van der Waals surface area contributed by atoms with Crippen LogP contribution in [0.3, 0.4) is 0 Å². The summed E-state index contributed by atoms with van der Waals surface area (Å²) in [6.07, 6.45) is 0.429. The van der Waals surface area contributed by atoms with E-state index in [9.17, 15) is 0 Å². The summed E-state index contributed by atoms with van der Waals surface area (Å²) in [5, 5.41) is 10.9. The van der Waals surface area contributed by atoms with Crippen LogP contribution in [0.25, 0.3) is 21.7 Å². The predicted molar refractivity (Wildman–Crippen MR) is 86.4 cm³/mol. The van der Waals surface area contributed by atoms with Gasteiger partial charge in [-0.1, -0.05) is 6.07 Å². The molecule has 3 aromatic rings. The summed E-state index contributed by atoms with van der Waals surface area (Å²) in [7, 11) is 3.22. The summed E-state index contributed by atoms with van der Waals surface area (Å²) >= 11 is 1.63. The highest BCUT2D eigenvalue weighted by molar-refractivity contribution is 7.13. The molecule has 0 bridgehead atoms. The lowest BCUT2D eigenvalue weighted by Crippen LogP contribution is -1.99. The average Bonchev–Trinajstić information content (AvgIpc) is 3.18. The Morgan fingerprint density at radius 2 is 2.05 bits per heavy atom. The maximum atomic E-state index is 8.92. The van der Waals surface area contributed by atoms with Gasteiger partial charge < -0.3 is 14.0 Å². The highest BCUT2D eigenvalue weighted by Gasteiger charge is 2.16. The van der Waals surface area contributed by atoms with Crippen LogP contribution in [0, 0.1) is 11.3 Å². The van der Waals surface area contributed by atoms with Crippen LogP contribution in [0.2, 0.25) is 0 Å². The SMILES string of the molecule is COc1cc2nc(-c3cccs3)n(CCC#N)c2cc1OC. The third-order valence-electron chi connectivity index (χ3n) is 3.44. The number of thiophene rings is 1. The van der Waals surface area contributed by atoms with Gasteiger partial charge in [0.05, 0.1) is 42.6 Å². The van der Waals surface area contributed by atoms with Crippen molar-refractivity contribution in [1.29, 1.82) is 5.26 Å². The molecule has 0 atom stereocenters. The van der Waals surface area contributed by atoms with E-state index in [0.29, 0.717) is 24.5 Å². The fourth-order valence-electron chi connectivity index (χ4n) is 2.43. The molecule has 0 aliphatic carbocycles. The number of hydrogen-bond donors (Lipinski definition) is 0. The summed E-state index contributed by atoms with van der Waals surface area (Å²) in [5.74, 6) is 2.18. The van der Waals surface area contributed by atoms with E-state index in [4.69, 9.17) is 19.7 Å². The Kier molecular flexibility index (Phi) is 3.98. The van der Waals surface area contributed by atoms with Crippen LogP contribution in [0.5, 0.6) is 11.5 Å². The average molecular weight is 313 g/mol. The lowest BCUT2D eigenvalue weighted by atomic mass is 10.2. The lowest BCUT2D eigenvalue weighted by molar-refractivity contribution is 0.355. The van der Waals surface area contributed by atoms with Crippen LogP contribution in [0.15, 0.2) is 29.6 Å². The molecular weight excluding hydrogens is 298 g/mol. The van der Waals surface area contributed by atoms with Crippen molar-refractivity contribution in [3.05, 3.63) is 29.6 Å². The second-order valence-electron chi connectivity index (χ2n) is 4.67. The first-order valence-corrected chi connectivity index (χ1v) is 7.69. The van der Waals surface area contributed by atoms with Crippen LogP contribution in [-0.4, -0.2) is 23.8 Å². The summed E-state index contributed by atoms with van der Waals surface area (Å²) in [6, 6.07) is 10.0. The zero-order valence-electron chi connectivity index (χ0n) is 12.4. The van der Waals surface area contributed by atoms with Gasteiger partial charge in [-0.2, -0.15) is 5.26 Å². The van der Waals surface area contributed by atoms with Crippen molar-refractivity contribution >= 4 is 22.4 Å². The van der Waals surface area contributed by atoms with Gasteiger partial charge in [-0.05, 0) is 11.4 Å². The molecule has 0 aliphatic heterocycles. The first-order chi connectivity index (χ1) is 10.8. The Labute approximate surface area is 132 Å². The number of rotatable bonds is 5. The molecule has 0 spiro atoms. The highest BCUT2D eigenvalue weighted by atomic mass is 32.1. The maximum absolute atomic E-state index is 8.92. The minimum atomic E-state index is 0.429. The first-order valence-electron chi connectivity index (χ1n) is 6.81. The number of benzene rings is 1. The zero-order valence-corrected chi connectivity index (χ0v) is 13.2. The Hall–Kier alpha value is -2.52. The van der Waals surface area contributed by atoms with Crippen molar-refractivity contribution in [3.63, 3.8) is 0 Å². The second-order valence-corrected chi connectivity index (χ2v) is 5.62. The number of nitrogens with zero attached hydrogens (tertiary/aromatic N) is 3. The van der Waals surface area contributed by atoms with E-state index in [-0.39, 0.29) is 0 Å². The molecule has 0 aliphatic rings. The molecule has 22 heavy (non-hydrogen) atoms. The zero-order chi connectivity index (χ0) is 15.5. The number of aromatic nitrogens is 2. The summed E-state index contributed by atoms with van der Waals surface area (Å²) in [5.41, 5.74) is 1.77. The first kappa shape index (κ1) is 14.4. The number of imidazole rings is 1. The summed E-state index contributed by atoms with van der Waals surface area (Å²) in [6.45, 7) is 0.593. The van der Waals surface area contributed by atoms with E-state index in [1.807, 2.05) is 29.6 Å². The van der Waals surface area contributed by atoms with E-state index in [1.165, 1.54) is 0 Å². The van der Waals surface area contributed by atoms with Crippen molar-refractivity contribution in [3.8, 4) is 28.3 Å². The van der Waals surface area contributed by atoms with Gasteiger partial charge in [0.25, 0.3) is 0 Å². The molecule has 0 N–H and O–H groups in total.